The molecule has 0 atom stereocenters. The van der Waals surface area contributed by atoms with Crippen molar-refractivity contribution < 1.29 is 18.3 Å². The third-order valence-electron chi connectivity index (χ3n) is 3.95. The number of furan rings is 1. The number of hydrogen-bond donors (Lipinski definition) is 0. The number of carbonyl (C=O) groups is 1. The van der Waals surface area contributed by atoms with Crippen LogP contribution in [0.25, 0.3) is 22.3 Å². The molecular weight excluding hydrogens is 319 g/mol. The lowest BCUT2D eigenvalue weighted by Crippen LogP contribution is -1.92. The minimum Gasteiger partial charge on any atom is -0.494 e. The Balaban J connectivity index is 1.85. The molecule has 1 heterocycles. The molecule has 4 heteroatoms. The van der Waals surface area contributed by atoms with Crippen LogP contribution in [0.1, 0.15) is 35.7 Å². The zero-order valence-corrected chi connectivity index (χ0v) is 14.0. The van der Waals surface area contributed by atoms with E-state index in [1.165, 1.54) is 6.07 Å². The number of rotatable bonds is 7. The Morgan fingerprint density at radius 2 is 2.08 bits per heavy atom. The Bertz CT molecular complexity index is 924. The van der Waals surface area contributed by atoms with E-state index in [9.17, 15) is 9.18 Å². The van der Waals surface area contributed by atoms with Crippen LogP contribution in [0.15, 0.2) is 59.2 Å². The second-order valence-corrected chi connectivity index (χ2v) is 5.92. The molecule has 3 rings (SSSR count). The highest BCUT2D eigenvalue weighted by molar-refractivity contribution is 5.84. The number of carbonyl (C=O) groups excluding carboxylic acids is 1. The van der Waals surface area contributed by atoms with E-state index in [0.29, 0.717) is 35.4 Å². The van der Waals surface area contributed by atoms with E-state index in [0.717, 1.165) is 29.6 Å². The Kier molecular flexibility index (Phi) is 4.98. The maximum atomic E-state index is 14.2. The molecule has 0 saturated carbocycles. The number of allylic oxidation sites excluding steroid dienone is 1. The van der Waals surface area contributed by atoms with Gasteiger partial charge < -0.3 is 9.15 Å². The molecule has 3 aromatic rings. The van der Waals surface area contributed by atoms with Crippen LogP contribution in [0.5, 0.6) is 0 Å². The fraction of sp³-hybridized carbons (Fsp3) is 0.190. The van der Waals surface area contributed by atoms with E-state index in [4.69, 9.17) is 9.15 Å². The fourth-order valence-corrected chi connectivity index (χ4v) is 2.66. The van der Waals surface area contributed by atoms with Crippen molar-refractivity contribution in [2.75, 3.05) is 0 Å². The predicted molar refractivity (Wildman–Crippen MR) is 95.8 cm³/mol. The van der Waals surface area contributed by atoms with E-state index >= 15 is 0 Å². The highest BCUT2D eigenvalue weighted by Gasteiger charge is 2.12. The first-order chi connectivity index (χ1) is 12.1. The van der Waals surface area contributed by atoms with Crippen molar-refractivity contribution >= 4 is 17.3 Å². The first-order valence-corrected chi connectivity index (χ1v) is 8.19. The van der Waals surface area contributed by atoms with E-state index in [-0.39, 0.29) is 0 Å². The average Bonchev–Trinajstić information content (AvgIpc) is 3.03. The summed E-state index contributed by atoms with van der Waals surface area (Å²) in [5.74, 6) is 0.717. The summed E-state index contributed by atoms with van der Waals surface area (Å²) in [7, 11) is 0. The lowest BCUT2D eigenvalue weighted by molar-refractivity contribution is 0.112. The molecule has 0 spiro atoms. The standard InChI is InChI=1S/C21H19FO3/c1-3-4-14(2)24-13-16-6-8-20-17(9-16)11-21(25-20)18-7-5-15(12-23)10-19(18)22/h5-12H,2-4,13H2,1H3. The molecule has 0 amide bonds. The van der Waals surface area contributed by atoms with Crippen LogP contribution in [0.4, 0.5) is 4.39 Å². The maximum absolute atomic E-state index is 14.2. The molecule has 2 aromatic carbocycles. The topological polar surface area (TPSA) is 39.4 Å². The summed E-state index contributed by atoms with van der Waals surface area (Å²) in [4.78, 5) is 10.7. The number of halogens is 1. The SMILES string of the molecule is C=C(CCC)OCc1ccc2oc(-c3ccc(C=O)cc3F)cc2c1. The van der Waals surface area contributed by atoms with Crippen LogP contribution in [0, 0.1) is 5.82 Å². The summed E-state index contributed by atoms with van der Waals surface area (Å²) in [6.45, 7) is 6.40. The normalized spacial score (nSPS) is 10.8. The van der Waals surface area contributed by atoms with Gasteiger partial charge in [-0.1, -0.05) is 25.6 Å². The zero-order valence-electron chi connectivity index (χ0n) is 14.0. The van der Waals surface area contributed by atoms with Gasteiger partial charge in [0.1, 0.15) is 30.1 Å². The lowest BCUT2D eigenvalue weighted by Gasteiger charge is -2.07. The second kappa shape index (κ2) is 7.34. The summed E-state index contributed by atoms with van der Waals surface area (Å²) in [6, 6.07) is 11.8. The van der Waals surface area contributed by atoms with Crippen LogP contribution in [-0.2, 0) is 11.3 Å². The van der Waals surface area contributed by atoms with Gasteiger partial charge in [-0.15, -0.1) is 0 Å². The van der Waals surface area contributed by atoms with E-state index in [1.54, 1.807) is 18.2 Å². The van der Waals surface area contributed by atoms with Crippen molar-refractivity contribution in [3.8, 4) is 11.3 Å². The van der Waals surface area contributed by atoms with Crippen molar-refractivity contribution in [3.05, 3.63) is 71.7 Å². The van der Waals surface area contributed by atoms with Gasteiger partial charge in [-0.2, -0.15) is 0 Å². The lowest BCUT2D eigenvalue weighted by atomic mass is 10.1. The molecule has 0 radical (unpaired) electrons. The summed E-state index contributed by atoms with van der Waals surface area (Å²) in [6.07, 6.45) is 2.45. The number of ether oxygens (including phenoxy) is 1. The van der Waals surface area contributed by atoms with Gasteiger partial charge in [0.15, 0.2) is 0 Å². The number of hydrogen-bond acceptors (Lipinski definition) is 3. The van der Waals surface area contributed by atoms with Gasteiger partial charge in [-0.05, 0) is 42.3 Å². The molecule has 0 saturated heterocycles. The summed E-state index contributed by atoms with van der Waals surface area (Å²) in [5, 5.41) is 0.871. The van der Waals surface area contributed by atoms with E-state index < -0.39 is 5.82 Å². The molecule has 3 nitrogen and oxygen atoms in total. The van der Waals surface area contributed by atoms with Crippen LogP contribution >= 0.6 is 0 Å². The van der Waals surface area contributed by atoms with Crippen molar-refractivity contribution in [2.45, 2.75) is 26.4 Å². The monoisotopic (exact) mass is 338 g/mol. The van der Waals surface area contributed by atoms with Gasteiger partial charge >= 0.3 is 0 Å². The number of aldehydes is 1. The summed E-state index contributed by atoms with van der Waals surface area (Å²) >= 11 is 0. The minimum atomic E-state index is -0.483. The first kappa shape index (κ1) is 17.0. The Labute approximate surface area is 145 Å². The number of fused-ring (bicyclic) bond motifs is 1. The minimum absolute atomic E-state index is 0.295. The second-order valence-electron chi connectivity index (χ2n) is 5.92. The molecule has 0 unspecified atom stereocenters. The summed E-state index contributed by atoms with van der Waals surface area (Å²) in [5.41, 5.74) is 2.29. The van der Waals surface area contributed by atoms with Crippen molar-refractivity contribution in [1.29, 1.82) is 0 Å². The van der Waals surface area contributed by atoms with Gasteiger partial charge in [-0.3, -0.25) is 4.79 Å². The van der Waals surface area contributed by atoms with Gasteiger partial charge in [0.05, 0.1) is 11.3 Å². The van der Waals surface area contributed by atoms with Crippen molar-refractivity contribution in [1.82, 2.24) is 0 Å². The van der Waals surface area contributed by atoms with Gasteiger partial charge in [-0.25, -0.2) is 4.39 Å². The van der Waals surface area contributed by atoms with Crippen LogP contribution in [0.3, 0.4) is 0 Å². The molecule has 1 aromatic heterocycles. The largest absolute Gasteiger partial charge is 0.494 e. The molecule has 0 aliphatic heterocycles. The molecule has 128 valence electrons. The van der Waals surface area contributed by atoms with E-state index in [1.807, 2.05) is 18.2 Å². The first-order valence-electron chi connectivity index (χ1n) is 8.19. The van der Waals surface area contributed by atoms with Crippen molar-refractivity contribution in [3.63, 3.8) is 0 Å². The molecular formula is C21H19FO3. The highest BCUT2D eigenvalue weighted by Crippen LogP contribution is 2.30. The molecule has 25 heavy (non-hydrogen) atoms. The summed E-state index contributed by atoms with van der Waals surface area (Å²) < 4.78 is 25.5. The fourth-order valence-electron chi connectivity index (χ4n) is 2.66. The van der Waals surface area contributed by atoms with Gasteiger partial charge in [0, 0.05) is 17.4 Å². The van der Waals surface area contributed by atoms with Crippen LogP contribution in [-0.4, -0.2) is 6.29 Å². The third-order valence-corrected chi connectivity index (χ3v) is 3.95. The molecule has 0 fully saturated rings. The molecule has 0 bridgehead atoms. The Morgan fingerprint density at radius 1 is 1.24 bits per heavy atom. The molecule has 0 aliphatic carbocycles. The maximum Gasteiger partial charge on any atom is 0.150 e. The van der Waals surface area contributed by atoms with Crippen LogP contribution < -0.4 is 0 Å². The quantitative estimate of drug-likeness (QED) is 0.399. The average molecular weight is 338 g/mol. The zero-order chi connectivity index (χ0) is 17.8. The third kappa shape index (κ3) is 3.79. The van der Waals surface area contributed by atoms with Crippen LogP contribution in [0.2, 0.25) is 0 Å². The van der Waals surface area contributed by atoms with Crippen molar-refractivity contribution in [2.24, 2.45) is 0 Å². The highest BCUT2D eigenvalue weighted by atomic mass is 19.1. The Hall–Kier alpha value is -2.88. The number of benzene rings is 2. The van der Waals surface area contributed by atoms with Gasteiger partial charge in [0.25, 0.3) is 0 Å². The molecule has 0 N–H and O–H groups in total. The smallest absolute Gasteiger partial charge is 0.150 e. The Morgan fingerprint density at radius 3 is 2.80 bits per heavy atom. The van der Waals surface area contributed by atoms with Gasteiger partial charge in [0.2, 0.25) is 0 Å². The molecule has 0 aliphatic rings. The van der Waals surface area contributed by atoms with E-state index in [2.05, 4.69) is 13.5 Å². The predicted octanol–water partition coefficient (Wildman–Crippen LogP) is 5.88.